The lowest BCUT2D eigenvalue weighted by Crippen LogP contribution is -2.61. The Hall–Kier alpha value is -0.0800. The van der Waals surface area contributed by atoms with Crippen LogP contribution in [0.2, 0.25) is 0 Å². The standard InChI is InChI=1S/C18H38N2/c1-7-17(8-2)20(12-14(3)4)18(13-19)10-9-15(5)16(6)11-18/h14-17H,7-13,19H2,1-6H3. The largest absolute Gasteiger partial charge is 0.329 e. The predicted octanol–water partition coefficient (Wildman–Crippen LogP) is 4.29. The molecule has 0 saturated heterocycles. The summed E-state index contributed by atoms with van der Waals surface area (Å²) in [5, 5.41) is 0. The average molecular weight is 283 g/mol. The van der Waals surface area contributed by atoms with Gasteiger partial charge in [0, 0.05) is 24.7 Å². The van der Waals surface area contributed by atoms with E-state index in [0.29, 0.717) is 12.0 Å². The monoisotopic (exact) mass is 282 g/mol. The molecule has 1 fully saturated rings. The normalized spacial score (nSPS) is 31.5. The maximum Gasteiger partial charge on any atom is 0.0337 e. The molecular weight excluding hydrogens is 244 g/mol. The fourth-order valence-electron chi connectivity index (χ4n) is 4.10. The van der Waals surface area contributed by atoms with Gasteiger partial charge in [-0.15, -0.1) is 0 Å². The minimum atomic E-state index is 0.257. The molecule has 2 N–H and O–H groups in total. The highest BCUT2D eigenvalue weighted by molar-refractivity contribution is 4.99. The maximum atomic E-state index is 6.33. The SMILES string of the molecule is CCC(CC)N(CC(C)C)C1(CN)CCC(C)C(C)C1. The van der Waals surface area contributed by atoms with Crippen molar-refractivity contribution in [3.63, 3.8) is 0 Å². The number of nitrogens with two attached hydrogens (primary N) is 1. The lowest BCUT2D eigenvalue weighted by molar-refractivity contribution is -0.0194. The van der Waals surface area contributed by atoms with E-state index in [2.05, 4.69) is 46.4 Å². The van der Waals surface area contributed by atoms with Crippen molar-refractivity contribution in [2.45, 2.75) is 85.2 Å². The van der Waals surface area contributed by atoms with Gasteiger partial charge in [-0.25, -0.2) is 0 Å². The highest BCUT2D eigenvalue weighted by atomic mass is 15.2. The van der Waals surface area contributed by atoms with Gasteiger partial charge in [0.25, 0.3) is 0 Å². The van der Waals surface area contributed by atoms with Crippen molar-refractivity contribution >= 4 is 0 Å². The summed E-state index contributed by atoms with van der Waals surface area (Å²) in [6.45, 7) is 16.2. The van der Waals surface area contributed by atoms with Crippen LogP contribution < -0.4 is 5.73 Å². The van der Waals surface area contributed by atoms with Crippen molar-refractivity contribution in [1.82, 2.24) is 4.90 Å². The first kappa shape index (κ1) is 18.0. The molecule has 0 aromatic carbocycles. The van der Waals surface area contributed by atoms with Gasteiger partial charge in [0.2, 0.25) is 0 Å². The zero-order chi connectivity index (χ0) is 15.3. The molecule has 0 bridgehead atoms. The summed E-state index contributed by atoms with van der Waals surface area (Å²) in [5.74, 6) is 2.38. The fourth-order valence-corrected chi connectivity index (χ4v) is 4.10. The average Bonchev–Trinajstić information content (AvgIpc) is 2.42. The van der Waals surface area contributed by atoms with Crippen LogP contribution in [0.15, 0.2) is 0 Å². The Bertz CT molecular complexity index is 273. The van der Waals surface area contributed by atoms with Gasteiger partial charge in [0.1, 0.15) is 0 Å². The van der Waals surface area contributed by atoms with E-state index in [4.69, 9.17) is 5.73 Å². The summed E-state index contributed by atoms with van der Waals surface area (Å²) in [6, 6.07) is 0.696. The van der Waals surface area contributed by atoms with Crippen molar-refractivity contribution in [3.05, 3.63) is 0 Å². The van der Waals surface area contributed by atoms with E-state index in [0.717, 1.165) is 18.4 Å². The highest BCUT2D eigenvalue weighted by Gasteiger charge is 2.43. The van der Waals surface area contributed by atoms with Crippen LogP contribution in [0.5, 0.6) is 0 Å². The first-order valence-electron chi connectivity index (χ1n) is 8.87. The van der Waals surface area contributed by atoms with Crippen molar-refractivity contribution < 1.29 is 0 Å². The molecule has 0 spiro atoms. The lowest BCUT2D eigenvalue weighted by atomic mass is 9.69. The van der Waals surface area contributed by atoms with Crippen molar-refractivity contribution in [3.8, 4) is 0 Å². The Morgan fingerprint density at radius 3 is 2.15 bits per heavy atom. The molecule has 0 aromatic rings. The first-order chi connectivity index (χ1) is 9.40. The number of rotatable bonds is 7. The zero-order valence-corrected chi connectivity index (χ0v) is 14.8. The van der Waals surface area contributed by atoms with E-state index in [1.165, 1.54) is 38.6 Å². The second-order valence-corrected chi connectivity index (χ2v) is 7.64. The van der Waals surface area contributed by atoms with Gasteiger partial charge in [-0.3, -0.25) is 4.90 Å². The topological polar surface area (TPSA) is 29.3 Å². The third kappa shape index (κ3) is 3.98. The van der Waals surface area contributed by atoms with Crippen LogP contribution in [0.4, 0.5) is 0 Å². The molecule has 0 aromatic heterocycles. The van der Waals surface area contributed by atoms with Gasteiger partial charge in [-0.1, -0.05) is 41.5 Å². The van der Waals surface area contributed by atoms with Crippen LogP contribution in [-0.2, 0) is 0 Å². The Morgan fingerprint density at radius 1 is 1.15 bits per heavy atom. The van der Waals surface area contributed by atoms with E-state index < -0.39 is 0 Å². The third-order valence-electron chi connectivity index (χ3n) is 5.67. The zero-order valence-electron chi connectivity index (χ0n) is 14.8. The molecule has 120 valence electrons. The van der Waals surface area contributed by atoms with Gasteiger partial charge >= 0.3 is 0 Å². The van der Waals surface area contributed by atoms with E-state index in [1.54, 1.807) is 0 Å². The highest BCUT2D eigenvalue weighted by Crippen LogP contribution is 2.41. The number of nitrogens with zero attached hydrogens (tertiary/aromatic N) is 1. The summed E-state index contributed by atoms with van der Waals surface area (Å²) in [7, 11) is 0. The number of hydrogen-bond donors (Lipinski definition) is 1. The molecule has 0 radical (unpaired) electrons. The molecular formula is C18H38N2. The molecule has 1 rings (SSSR count). The third-order valence-corrected chi connectivity index (χ3v) is 5.67. The van der Waals surface area contributed by atoms with Crippen molar-refractivity contribution in [2.75, 3.05) is 13.1 Å². The summed E-state index contributed by atoms with van der Waals surface area (Å²) >= 11 is 0. The Morgan fingerprint density at radius 2 is 1.75 bits per heavy atom. The number of hydrogen-bond acceptors (Lipinski definition) is 2. The summed E-state index contributed by atoms with van der Waals surface area (Å²) < 4.78 is 0. The lowest BCUT2D eigenvalue weighted by Gasteiger charge is -2.53. The summed E-state index contributed by atoms with van der Waals surface area (Å²) in [5.41, 5.74) is 6.58. The first-order valence-corrected chi connectivity index (χ1v) is 8.87. The van der Waals surface area contributed by atoms with Crippen LogP contribution in [-0.4, -0.2) is 29.6 Å². The molecule has 2 nitrogen and oxygen atoms in total. The predicted molar refractivity (Wildman–Crippen MR) is 89.9 cm³/mol. The van der Waals surface area contributed by atoms with Crippen molar-refractivity contribution in [2.24, 2.45) is 23.5 Å². The molecule has 0 amide bonds. The van der Waals surface area contributed by atoms with Crippen LogP contribution in [0.3, 0.4) is 0 Å². The smallest absolute Gasteiger partial charge is 0.0337 e. The molecule has 1 saturated carbocycles. The molecule has 2 heteroatoms. The second-order valence-electron chi connectivity index (χ2n) is 7.64. The van der Waals surface area contributed by atoms with Gasteiger partial charge in [0.15, 0.2) is 0 Å². The molecule has 3 unspecified atom stereocenters. The van der Waals surface area contributed by atoms with E-state index in [9.17, 15) is 0 Å². The minimum Gasteiger partial charge on any atom is -0.329 e. The molecule has 0 heterocycles. The second kappa shape index (κ2) is 7.79. The van der Waals surface area contributed by atoms with Crippen LogP contribution in [0, 0.1) is 17.8 Å². The summed E-state index contributed by atoms with van der Waals surface area (Å²) in [6.07, 6.45) is 6.41. The van der Waals surface area contributed by atoms with Crippen LogP contribution in [0.1, 0.15) is 73.6 Å². The fraction of sp³-hybridized carbons (Fsp3) is 1.00. The maximum absolute atomic E-state index is 6.33. The van der Waals surface area contributed by atoms with Gasteiger partial charge in [-0.2, -0.15) is 0 Å². The quantitative estimate of drug-likeness (QED) is 0.755. The van der Waals surface area contributed by atoms with Crippen molar-refractivity contribution in [1.29, 1.82) is 0 Å². The van der Waals surface area contributed by atoms with Crippen LogP contribution in [0.25, 0.3) is 0 Å². The minimum absolute atomic E-state index is 0.257. The van der Waals surface area contributed by atoms with Gasteiger partial charge in [0.05, 0.1) is 0 Å². The van der Waals surface area contributed by atoms with Gasteiger partial charge < -0.3 is 5.73 Å². The molecule has 1 aliphatic carbocycles. The van der Waals surface area contributed by atoms with E-state index in [1.807, 2.05) is 0 Å². The molecule has 3 atom stereocenters. The van der Waals surface area contributed by atoms with E-state index in [-0.39, 0.29) is 5.54 Å². The Kier molecular flexibility index (Phi) is 7.00. The molecule has 1 aliphatic rings. The van der Waals surface area contributed by atoms with Gasteiger partial charge in [-0.05, 0) is 49.9 Å². The Balaban J connectivity index is 3.00. The summed E-state index contributed by atoms with van der Waals surface area (Å²) in [4.78, 5) is 2.81. The molecule has 0 aliphatic heterocycles. The Labute approximate surface area is 127 Å². The van der Waals surface area contributed by atoms with Crippen LogP contribution >= 0.6 is 0 Å². The molecule has 20 heavy (non-hydrogen) atoms. The van der Waals surface area contributed by atoms with E-state index >= 15 is 0 Å².